The van der Waals surface area contributed by atoms with Crippen LogP contribution in [0.25, 0.3) is 0 Å². The number of aliphatic carboxylic acids is 1. The lowest BCUT2D eigenvalue weighted by Crippen LogP contribution is -2.24. The molecule has 1 aliphatic rings. The van der Waals surface area contributed by atoms with E-state index in [-0.39, 0.29) is 11.6 Å². The fraction of sp³-hybridized carbons (Fsp3) is 0.154. The van der Waals surface area contributed by atoms with Crippen LogP contribution in [0.3, 0.4) is 0 Å². The maximum Gasteiger partial charge on any atom is 0.352 e. The highest BCUT2D eigenvalue weighted by Crippen LogP contribution is 2.27. The molecular weight excluding hydrogens is 290 g/mol. The summed E-state index contributed by atoms with van der Waals surface area (Å²) in [5, 5.41) is 22.9. The molecular formula is C13H11N5O4. The molecule has 0 unspecified atom stereocenters. The predicted octanol–water partition coefficient (Wildman–Crippen LogP) is 0.443. The highest BCUT2D eigenvalue weighted by Gasteiger charge is 2.26. The summed E-state index contributed by atoms with van der Waals surface area (Å²) in [6.45, 7) is 0. The van der Waals surface area contributed by atoms with Gasteiger partial charge in [0.15, 0.2) is 0 Å². The zero-order chi connectivity index (χ0) is 15.7. The number of nitrogens with one attached hydrogen (secondary N) is 1. The normalized spacial score (nSPS) is 16.2. The Bertz CT molecular complexity index is 765. The Morgan fingerprint density at radius 1 is 1.32 bits per heavy atom. The number of hydrogen-bond donors (Lipinski definition) is 2. The standard InChI is InChI=1S/C13H11N5O4/c1-22-12(21)8-4-2-7(3-5-8)10-6-9(11(19)20)14-13-15-16-17-18(10)13/h2-6,10H,1H3,(H,19,20)(H,14,15,17)/t10-/m0/s1. The number of aromatic nitrogens is 4. The first kappa shape index (κ1) is 13.7. The smallest absolute Gasteiger partial charge is 0.352 e. The Hall–Kier alpha value is -3.23. The third kappa shape index (κ3) is 2.28. The fourth-order valence-corrected chi connectivity index (χ4v) is 2.15. The van der Waals surface area contributed by atoms with Gasteiger partial charge in [-0.1, -0.05) is 17.2 Å². The van der Waals surface area contributed by atoms with Crippen molar-refractivity contribution in [3.8, 4) is 0 Å². The molecule has 0 saturated heterocycles. The summed E-state index contributed by atoms with van der Waals surface area (Å²) in [6, 6.07) is 6.11. The highest BCUT2D eigenvalue weighted by atomic mass is 16.5. The second-order valence-corrected chi connectivity index (χ2v) is 4.52. The number of carboxylic acid groups (broad SMARTS) is 1. The SMILES string of the molecule is COC(=O)c1ccc([C@@H]2C=C(C(=O)O)Nc3nnnn32)cc1. The lowest BCUT2D eigenvalue weighted by Gasteiger charge is -2.21. The van der Waals surface area contributed by atoms with Crippen LogP contribution in [0.4, 0.5) is 5.95 Å². The lowest BCUT2D eigenvalue weighted by atomic mass is 10.0. The van der Waals surface area contributed by atoms with Crippen molar-refractivity contribution >= 4 is 17.9 Å². The molecule has 3 rings (SSSR count). The summed E-state index contributed by atoms with van der Waals surface area (Å²) in [5.74, 6) is -1.31. The van der Waals surface area contributed by atoms with Crippen molar-refractivity contribution in [2.24, 2.45) is 0 Å². The second-order valence-electron chi connectivity index (χ2n) is 4.52. The zero-order valence-electron chi connectivity index (χ0n) is 11.4. The number of esters is 1. The molecule has 1 atom stereocenters. The van der Waals surface area contributed by atoms with Crippen molar-refractivity contribution in [1.82, 2.24) is 20.2 Å². The Morgan fingerprint density at radius 3 is 2.68 bits per heavy atom. The molecule has 0 amide bonds. The van der Waals surface area contributed by atoms with Crippen LogP contribution in [0.5, 0.6) is 0 Å². The van der Waals surface area contributed by atoms with E-state index in [4.69, 9.17) is 5.11 Å². The van der Waals surface area contributed by atoms with E-state index in [1.165, 1.54) is 17.9 Å². The first-order valence-corrected chi connectivity index (χ1v) is 6.28. The van der Waals surface area contributed by atoms with Gasteiger partial charge < -0.3 is 15.2 Å². The number of fused-ring (bicyclic) bond motifs is 1. The van der Waals surface area contributed by atoms with Crippen LogP contribution >= 0.6 is 0 Å². The topological polar surface area (TPSA) is 119 Å². The molecule has 1 aromatic carbocycles. The summed E-state index contributed by atoms with van der Waals surface area (Å²) in [7, 11) is 1.30. The number of allylic oxidation sites excluding steroid dienone is 1. The minimum atomic E-state index is -1.11. The van der Waals surface area contributed by atoms with Crippen molar-refractivity contribution < 1.29 is 19.4 Å². The minimum Gasteiger partial charge on any atom is -0.477 e. The number of anilines is 1. The molecule has 0 saturated carbocycles. The number of rotatable bonds is 3. The number of hydrogen-bond acceptors (Lipinski definition) is 7. The van der Waals surface area contributed by atoms with E-state index in [9.17, 15) is 9.59 Å². The van der Waals surface area contributed by atoms with E-state index >= 15 is 0 Å². The van der Waals surface area contributed by atoms with Gasteiger partial charge in [0.2, 0.25) is 5.95 Å². The van der Waals surface area contributed by atoms with Crippen LogP contribution in [0.2, 0.25) is 0 Å². The van der Waals surface area contributed by atoms with Crippen molar-refractivity contribution in [3.05, 3.63) is 47.2 Å². The summed E-state index contributed by atoms with van der Waals surface area (Å²) in [5.41, 5.74) is 1.13. The molecule has 2 N–H and O–H groups in total. The number of nitrogens with zero attached hydrogens (tertiary/aromatic N) is 4. The molecule has 1 aliphatic heterocycles. The largest absolute Gasteiger partial charge is 0.477 e. The van der Waals surface area contributed by atoms with Crippen LogP contribution < -0.4 is 5.32 Å². The van der Waals surface area contributed by atoms with Crippen LogP contribution in [0, 0.1) is 0 Å². The number of methoxy groups -OCH3 is 1. The first-order chi connectivity index (χ1) is 10.6. The quantitative estimate of drug-likeness (QED) is 0.784. The van der Waals surface area contributed by atoms with E-state index in [0.29, 0.717) is 5.56 Å². The lowest BCUT2D eigenvalue weighted by molar-refractivity contribution is -0.132. The minimum absolute atomic E-state index is 0.00987. The third-order valence-corrected chi connectivity index (χ3v) is 3.23. The zero-order valence-corrected chi connectivity index (χ0v) is 11.4. The molecule has 9 nitrogen and oxygen atoms in total. The maximum atomic E-state index is 11.4. The van der Waals surface area contributed by atoms with Gasteiger partial charge in [0.1, 0.15) is 11.7 Å². The van der Waals surface area contributed by atoms with Gasteiger partial charge in [0, 0.05) is 0 Å². The number of ether oxygens (including phenoxy) is 1. The van der Waals surface area contributed by atoms with Crippen LogP contribution in [-0.4, -0.2) is 44.4 Å². The molecule has 0 aliphatic carbocycles. The first-order valence-electron chi connectivity index (χ1n) is 6.28. The Morgan fingerprint density at radius 2 is 2.05 bits per heavy atom. The predicted molar refractivity (Wildman–Crippen MR) is 73.1 cm³/mol. The van der Waals surface area contributed by atoms with Gasteiger partial charge in [-0.2, -0.15) is 4.68 Å². The van der Waals surface area contributed by atoms with Crippen molar-refractivity contribution in [2.75, 3.05) is 12.4 Å². The average molecular weight is 301 g/mol. The summed E-state index contributed by atoms with van der Waals surface area (Å²) < 4.78 is 6.10. The Labute approximate surface area is 124 Å². The van der Waals surface area contributed by atoms with E-state index in [0.717, 1.165) is 5.56 Å². The van der Waals surface area contributed by atoms with Crippen LogP contribution in [0.1, 0.15) is 22.0 Å². The van der Waals surface area contributed by atoms with Crippen molar-refractivity contribution in [2.45, 2.75) is 6.04 Å². The van der Waals surface area contributed by atoms with Gasteiger partial charge in [-0.15, -0.1) is 0 Å². The molecule has 0 spiro atoms. The molecule has 0 bridgehead atoms. The Balaban J connectivity index is 2.00. The molecule has 2 aromatic rings. The maximum absolute atomic E-state index is 11.4. The molecule has 22 heavy (non-hydrogen) atoms. The molecule has 112 valence electrons. The molecule has 2 heterocycles. The van der Waals surface area contributed by atoms with Gasteiger partial charge in [-0.25, -0.2) is 9.59 Å². The van der Waals surface area contributed by atoms with E-state index < -0.39 is 18.0 Å². The fourth-order valence-electron chi connectivity index (χ4n) is 2.15. The van der Waals surface area contributed by atoms with Gasteiger partial charge in [0.25, 0.3) is 0 Å². The van der Waals surface area contributed by atoms with Crippen molar-refractivity contribution in [1.29, 1.82) is 0 Å². The summed E-state index contributed by atoms with van der Waals surface area (Å²) >= 11 is 0. The number of carbonyl (C=O) groups is 2. The van der Waals surface area contributed by atoms with Crippen LogP contribution in [-0.2, 0) is 9.53 Å². The molecule has 1 aromatic heterocycles. The van der Waals surface area contributed by atoms with E-state index in [1.807, 2.05) is 0 Å². The van der Waals surface area contributed by atoms with Gasteiger partial charge in [0.05, 0.1) is 12.7 Å². The number of benzene rings is 1. The van der Waals surface area contributed by atoms with E-state index in [1.54, 1.807) is 24.3 Å². The molecule has 9 heteroatoms. The van der Waals surface area contributed by atoms with Gasteiger partial charge in [-0.3, -0.25) is 0 Å². The Kier molecular flexibility index (Phi) is 3.30. The molecule has 0 radical (unpaired) electrons. The molecule has 0 fully saturated rings. The average Bonchev–Trinajstić information content (AvgIpc) is 3.01. The highest BCUT2D eigenvalue weighted by molar-refractivity contribution is 5.90. The summed E-state index contributed by atoms with van der Waals surface area (Å²) in [6.07, 6.45) is 1.50. The van der Waals surface area contributed by atoms with Gasteiger partial charge in [-0.05, 0) is 34.2 Å². The monoisotopic (exact) mass is 301 g/mol. The van der Waals surface area contributed by atoms with Crippen LogP contribution in [0.15, 0.2) is 36.0 Å². The second kappa shape index (κ2) is 5.28. The van der Waals surface area contributed by atoms with E-state index in [2.05, 4.69) is 25.6 Å². The number of tetrazole rings is 1. The van der Waals surface area contributed by atoms with Crippen molar-refractivity contribution in [3.63, 3.8) is 0 Å². The third-order valence-electron chi connectivity index (χ3n) is 3.23. The van der Waals surface area contributed by atoms with Gasteiger partial charge >= 0.3 is 11.9 Å². The number of carbonyl (C=O) groups excluding carboxylic acids is 1. The summed E-state index contributed by atoms with van der Waals surface area (Å²) in [4.78, 5) is 22.6. The number of carboxylic acids is 1.